The van der Waals surface area contributed by atoms with Crippen molar-refractivity contribution in [2.45, 2.75) is 25.9 Å². The molecular weight excluding hydrogens is 421 g/mol. The van der Waals surface area contributed by atoms with E-state index in [2.05, 4.69) is 0 Å². The number of hydrogen-bond acceptors (Lipinski definition) is 0. The van der Waals surface area contributed by atoms with Crippen LogP contribution in [0.3, 0.4) is 0 Å². The third-order valence-electron chi connectivity index (χ3n) is 4.77. The number of alkyl halides is 3. The molecule has 0 heterocycles. The van der Waals surface area contributed by atoms with Gasteiger partial charge >= 0.3 is 6.18 Å². The van der Waals surface area contributed by atoms with Crippen LogP contribution >= 0.6 is 0 Å². The zero-order valence-corrected chi connectivity index (χ0v) is 16.3. The minimum absolute atomic E-state index is 0.0700. The molecule has 0 spiro atoms. The van der Waals surface area contributed by atoms with Crippen LogP contribution in [0.5, 0.6) is 0 Å². The van der Waals surface area contributed by atoms with Crippen molar-refractivity contribution in [2.24, 2.45) is 0 Å². The zero-order valence-electron chi connectivity index (χ0n) is 16.3. The summed E-state index contributed by atoms with van der Waals surface area (Å²) in [5.41, 5.74) is 0.998. The zero-order chi connectivity index (χ0) is 22.8. The molecule has 0 aliphatic carbocycles. The van der Waals surface area contributed by atoms with E-state index in [1.165, 1.54) is 12.1 Å². The Kier molecular flexibility index (Phi) is 6.53. The molecule has 0 bridgehead atoms. The molecule has 0 atom stereocenters. The first-order chi connectivity index (χ1) is 14.5. The van der Waals surface area contributed by atoms with E-state index in [9.17, 15) is 30.7 Å². The van der Waals surface area contributed by atoms with Crippen molar-refractivity contribution in [3.63, 3.8) is 0 Å². The molecule has 31 heavy (non-hydrogen) atoms. The van der Waals surface area contributed by atoms with Gasteiger partial charge in [0.2, 0.25) is 0 Å². The van der Waals surface area contributed by atoms with E-state index in [1.807, 2.05) is 19.1 Å². The Morgan fingerprint density at radius 1 is 0.710 bits per heavy atom. The Morgan fingerprint density at radius 3 is 1.77 bits per heavy atom. The summed E-state index contributed by atoms with van der Waals surface area (Å²) < 4.78 is 93.7. The number of hydrogen-bond donors (Lipinski definition) is 0. The van der Waals surface area contributed by atoms with Gasteiger partial charge in [-0.2, -0.15) is 13.2 Å². The second-order valence-corrected chi connectivity index (χ2v) is 7.13. The molecule has 0 saturated heterocycles. The van der Waals surface area contributed by atoms with E-state index in [1.54, 1.807) is 12.1 Å². The molecule has 3 aromatic carbocycles. The minimum atomic E-state index is -4.71. The smallest absolute Gasteiger partial charge is 0.207 e. The lowest BCUT2D eigenvalue weighted by atomic mass is 9.98. The predicted octanol–water partition coefficient (Wildman–Crippen LogP) is 7.58. The lowest BCUT2D eigenvalue weighted by Crippen LogP contribution is -2.03. The van der Waals surface area contributed by atoms with Crippen LogP contribution in [0.25, 0.3) is 17.2 Å². The highest BCUT2D eigenvalue weighted by Gasteiger charge is 2.23. The first kappa shape index (κ1) is 22.6. The fraction of sp³-hybridized carbons (Fsp3) is 0.167. The highest BCUT2D eigenvalue weighted by atomic mass is 19.4. The largest absolute Gasteiger partial charge is 0.409 e. The van der Waals surface area contributed by atoms with Gasteiger partial charge in [-0.3, -0.25) is 0 Å². The average molecular weight is 438 g/mol. The van der Waals surface area contributed by atoms with Crippen molar-refractivity contribution in [2.75, 3.05) is 0 Å². The van der Waals surface area contributed by atoms with Gasteiger partial charge in [-0.15, -0.1) is 0 Å². The van der Waals surface area contributed by atoms with Gasteiger partial charge in [0.15, 0.2) is 0 Å². The molecule has 0 aromatic heterocycles. The molecule has 0 saturated carbocycles. The fourth-order valence-corrected chi connectivity index (χ4v) is 3.14. The first-order valence-electron chi connectivity index (χ1n) is 9.32. The second kappa shape index (κ2) is 8.96. The van der Waals surface area contributed by atoms with Crippen LogP contribution in [0.1, 0.15) is 22.3 Å². The van der Waals surface area contributed by atoms with Crippen LogP contribution in [0.2, 0.25) is 0 Å². The van der Waals surface area contributed by atoms with Crippen LogP contribution in [0.4, 0.5) is 30.7 Å². The van der Waals surface area contributed by atoms with Crippen molar-refractivity contribution in [1.82, 2.24) is 0 Å². The van der Waals surface area contributed by atoms with Crippen LogP contribution < -0.4 is 0 Å². The van der Waals surface area contributed by atoms with Crippen LogP contribution in [-0.4, -0.2) is 6.18 Å². The van der Waals surface area contributed by atoms with E-state index < -0.39 is 35.0 Å². The van der Waals surface area contributed by atoms with Gasteiger partial charge < -0.3 is 0 Å². The summed E-state index contributed by atoms with van der Waals surface area (Å²) in [5, 5.41) is 0. The second-order valence-electron chi connectivity index (χ2n) is 7.13. The maximum Gasteiger partial charge on any atom is 0.409 e. The van der Waals surface area contributed by atoms with Gasteiger partial charge in [0.25, 0.3) is 0 Å². The summed E-state index contributed by atoms with van der Waals surface area (Å²) in [6, 6.07) is 11.2. The number of aryl methyl sites for hydroxylation is 2. The highest BCUT2D eigenvalue weighted by molar-refractivity contribution is 5.64. The summed E-state index contributed by atoms with van der Waals surface area (Å²) in [4.78, 5) is 0. The van der Waals surface area contributed by atoms with E-state index in [0.717, 1.165) is 17.7 Å². The molecule has 0 radical (unpaired) electrons. The number of rotatable bonds is 5. The third kappa shape index (κ3) is 5.75. The molecular formula is C24H17F7. The normalized spacial score (nSPS) is 12.0. The predicted molar refractivity (Wildman–Crippen MR) is 105 cm³/mol. The van der Waals surface area contributed by atoms with Crippen LogP contribution in [0.15, 0.2) is 54.6 Å². The Bertz CT molecular complexity index is 1060. The molecule has 7 heteroatoms. The van der Waals surface area contributed by atoms with Crippen LogP contribution in [-0.2, 0) is 12.8 Å². The standard InChI is InChI=1S/C24H17F7/c1-14-2-5-16(6-3-14)17-12-22(27)18(23(28)13-17)7-4-15-10-20(25)19(21(26)11-15)8-9-24(29,30)31/h2-3,5-6,8-13H,4,7H2,1H3/b9-8+. The fourth-order valence-electron chi connectivity index (χ4n) is 3.14. The Balaban J connectivity index is 1.79. The van der Waals surface area contributed by atoms with E-state index in [4.69, 9.17) is 0 Å². The van der Waals surface area contributed by atoms with E-state index in [-0.39, 0.29) is 30.0 Å². The molecule has 3 rings (SSSR count). The molecule has 0 nitrogen and oxygen atoms in total. The van der Waals surface area contributed by atoms with E-state index in [0.29, 0.717) is 17.2 Å². The molecule has 0 fully saturated rings. The maximum atomic E-state index is 14.5. The molecule has 162 valence electrons. The van der Waals surface area contributed by atoms with Crippen molar-refractivity contribution in [3.05, 3.63) is 100 Å². The summed E-state index contributed by atoms with van der Waals surface area (Å²) in [5.74, 6) is -3.96. The molecule has 0 unspecified atom stereocenters. The third-order valence-corrected chi connectivity index (χ3v) is 4.77. The number of halogens is 7. The molecule has 0 aliphatic rings. The maximum absolute atomic E-state index is 14.5. The average Bonchev–Trinajstić information content (AvgIpc) is 2.66. The Labute approximate surface area is 174 Å². The highest BCUT2D eigenvalue weighted by Crippen LogP contribution is 2.27. The minimum Gasteiger partial charge on any atom is -0.207 e. The number of allylic oxidation sites excluding steroid dienone is 1. The summed E-state index contributed by atoms with van der Waals surface area (Å²) in [7, 11) is 0. The summed E-state index contributed by atoms with van der Waals surface area (Å²) in [6.07, 6.45) is -4.96. The lowest BCUT2D eigenvalue weighted by Gasteiger charge is -2.10. The van der Waals surface area contributed by atoms with Gasteiger partial charge in [-0.25, -0.2) is 17.6 Å². The first-order valence-corrected chi connectivity index (χ1v) is 9.32. The monoisotopic (exact) mass is 438 g/mol. The van der Waals surface area contributed by atoms with Crippen LogP contribution in [0, 0.1) is 30.2 Å². The van der Waals surface area contributed by atoms with Gasteiger partial charge in [0, 0.05) is 17.2 Å². The molecule has 0 aliphatic heterocycles. The topological polar surface area (TPSA) is 0 Å². The van der Waals surface area contributed by atoms with E-state index >= 15 is 0 Å². The SMILES string of the molecule is Cc1ccc(-c2cc(F)c(CCc3cc(F)c(/C=C/C(F)(F)F)c(F)c3)c(F)c2)cc1. The van der Waals surface area contributed by atoms with Crippen molar-refractivity contribution < 1.29 is 30.7 Å². The van der Waals surface area contributed by atoms with Gasteiger partial charge in [-0.05, 0) is 66.8 Å². The lowest BCUT2D eigenvalue weighted by molar-refractivity contribution is -0.0790. The molecule has 0 amide bonds. The van der Waals surface area contributed by atoms with Crippen molar-refractivity contribution >= 4 is 6.08 Å². The summed E-state index contributed by atoms with van der Waals surface area (Å²) in [6.45, 7) is 1.89. The van der Waals surface area contributed by atoms with Crippen molar-refractivity contribution in [3.8, 4) is 11.1 Å². The van der Waals surface area contributed by atoms with Crippen molar-refractivity contribution in [1.29, 1.82) is 0 Å². The Hall–Kier alpha value is -3.09. The van der Waals surface area contributed by atoms with Gasteiger partial charge in [0.05, 0.1) is 0 Å². The quantitative estimate of drug-likeness (QED) is 0.360. The molecule has 3 aromatic rings. The summed E-state index contributed by atoms with van der Waals surface area (Å²) >= 11 is 0. The molecule has 0 N–H and O–H groups in total. The van der Waals surface area contributed by atoms with Gasteiger partial charge in [-0.1, -0.05) is 29.8 Å². The van der Waals surface area contributed by atoms with Gasteiger partial charge in [0.1, 0.15) is 23.3 Å². The number of benzene rings is 3. The Morgan fingerprint density at radius 2 is 1.26 bits per heavy atom.